The molecule has 0 unspecified atom stereocenters. The molecule has 0 aromatic carbocycles. The van der Waals surface area contributed by atoms with Gasteiger partial charge in [0.15, 0.2) is 5.96 Å². The number of aliphatic imine (C=N–C) groups is 1. The zero-order valence-corrected chi connectivity index (χ0v) is 15.1. The predicted molar refractivity (Wildman–Crippen MR) is 95.5 cm³/mol. The molecule has 19 heavy (non-hydrogen) atoms. The van der Waals surface area contributed by atoms with Crippen molar-refractivity contribution in [1.82, 2.24) is 10.2 Å². The lowest BCUT2D eigenvalue weighted by Gasteiger charge is -2.22. The molecule has 0 radical (unpaired) electrons. The first-order valence-electron chi connectivity index (χ1n) is 7.37. The van der Waals surface area contributed by atoms with Crippen molar-refractivity contribution < 1.29 is 0 Å². The lowest BCUT2D eigenvalue weighted by atomic mass is 9.97. The zero-order valence-electron chi connectivity index (χ0n) is 12.7. The van der Waals surface area contributed by atoms with Gasteiger partial charge in [0.1, 0.15) is 0 Å². The van der Waals surface area contributed by atoms with Crippen molar-refractivity contribution in [2.45, 2.75) is 51.9 Å². The van der Waals surface area contributed by atoms with Gasteiger partial charge in [0.2, 0.25) is 0 Å². The predicted octanol–water partition coefficient (Wildman–Crippen LogP) is 3.80. The number of guanidine groups is 1. The molecule has 3 nitrogen and oxygen atoms in total. The van der Waals surface area contributed by atoms with E-state index in [2.05, 4.69) is 35.3 Å². The van der Waals surface area contributed by atoms with Crippen LogP contribution in [0.15, 0.2) is 16.6 Å². The van der Waals surface area contributed by atoms with E-state index in [1.807, 2.05) is 7.05 Å². The van der Waals surface area contributed by atoms with Crippen LogP contribution in [0, 0.1) is 0 Å². The van der Waals surface area contributed by atoms with Crippen LogP contribution in [-0.4, -0.2) is 38.0 Å². The Hall–Kier alpha value is -0.260. The number of hydrogen-bond acceptors (Lipinski definition) is 1. The molecule has 1 N–H and O–H groups in total. The number of hydrogen-bond donors (Lipinski definition) is 1. The fraction of sp³-hybridized carbons (Fsp3) is 0.800. The first-order chi connectivity index (χ1) is 8.77. The third kappa shape index (κ3) is 7.80. The average molecular weight is 379 g/mol. The summed E-state index contributed by atoms with van der Waals surface area (Å²) < 4.78 is 0. The highest BCUT2D eigenvalue weighted by Crippen LogP contribution is 2.19. The second-order valence-corrected chi connectivity index (χ2v) is 5.11. The van der Waals surface area contributed by atoms with Gasteiger partial charge in [-0.2, -0.15) is 0 Å². The summed E-state index contributed by atoms with van der Waals surface area (Å²) in [5, 5.41) is 3.46. The summed E-state index contributed by atoms with van der Waals surface area (Å²) in [5.74, 6) is 1.03. The van der Waals surface area contributed by atoms with Gasteiger partial charge < -0.3 is 10.2 Å². The maximum Gasteiger partial charge on any atom is 0.193 e. The fourth-order valence-electron chi connectivity index (χ4n) is 2.35. The topological polar surface area (TPSA) is 27.6 Å². The van der Waals surface area contributed by atoms with Crippen molar-refractivity contribution in [3.63, 3.8) is 0 Å². The third-order valence-corrected chi connectivity index (χ3v) is 3.53. The second kappa shape index (κ2) is 11.6. The van der Waals surface area contributed by atoms with E-state index in [9.17, 15) is 0 Å². The molecule has 1 aliphatic rings. The third-order valence-electron chi connectivity index (χ3n) is 3.53. The minimum Gasteiger partial charge on any atom is -0.356 e. The molecule has 0 fully saturated rings. The van der Waals surface area contributed by atoms with Crippen LogP contribution in [-0.2, 0) is 0 Å². The number of rotatable bonds is 6. The summed E-state index contributed by atoms with van der Waals surface area (Å²) in [6.45, 7) is 4.31. The summed E-state index contributed by atoms with van der Waals surface area (Å²) >= 11 is 0. The van der Waals surface area contributed by atoms with Crippen molar-refractivity contribution in [3.05, 3.63) is 11.6 Å². The van der Waals surface area contributed by atoms with Crippen LogP contribution in [0.4, 0.5) is 0 Å². The van der Waals surface area contributed by atoms with Gasteiger partial charge in [-0.05, 0) is 38.5 Å². The number of allylic oxidation sites excluding steroid dienone is 1. The molecule has 0 spiro atoms. The van der Waals surface area contributed by atoms with Gasteiger partial charge in [-0.15, -0.1) is 24.0 Å². The van der Waals surface area contributed by atoms with Crippen LogP contribution in [0.25, 0.3) is 0 Å². The Labute approximate surface area is 136 Å². The lowest BCUT2D eigenvalue weighted by Crippen LogP contribution is -2.39. The summed E-state index contributed by atoms with van der Waals surface area (Å²) in [6.07, 6.45) is 11.4. The van der Waals surface area contributed by atoms with Gasteiger partial charge in [0.05, 0.1) is 0 Å². The molecule has 1 aliphatic carbocycles. The van der Waals surface area contributed by atoms with E-state index >= 15 is 0 Å². The van der Waals surface area contributed by atoms with E-state index in [-0.39, 0.29) is 24.0 Å². The second-order valence-electron chi connectivity index (χ2n) is 5.11. The fourth-order valence-corrected chi connectivity index (χ4v) is 2.35. The van der Waals surface area contributed by atoms with Crippen LogP contribution in [0.1, 0.15) is 51.9 Å². The van der Waals surface area contributed by atoms with Gasteiger partial charge in [-0.1, -0.05) is 25.0 Å². The summed E-state index contributed by atoms with van der Waals surface area (Å²) in [6, 6.07) is 0. The average Bonchev–Trinajstić information content (AvgIpc) is 2.42. The van der Waals surface area contributed by atoms with Gasteiger partial charge in [-0.25, -0.2) is 0 Å². The van der Waals surface area contributed by atoms with Crippen LogP contribution in [0.2, 0.25) is 0 Å². The normalized spacial score (nSPS) is 15.5. The Kier molecular flexibility index (Phi) is 11.4. The van der Waals surface area contributed by atoms with E-state index in [0.29, 0.717) is 0 Å². The largest absolute Gasteiger partial charge is 0.356 e. The lowest BCUT2D eigenvalue weighted by molar-refractivity contribution is 0.464. The van der Waals surface area contributed by atoms with Crippen LogP contribution >= 0.6 is 24.0 Å². The van der Waals surface area contributed by atoms with Crippen molar-refractivity contribution >= 4 is 29.9 Å². The van der Waals surface area contributed by atoms with Crippen molar-refractivity contribution in [3.8, 4) is 0 Å². The minimum absolute atomic E-state index is 0. The highest BCUT2D eigenvalue weighted by atomic mass is 127. The SMILES string of the molecule is CCCCN(C)C(=NC)NCCC1=CCCCC1.I. The van der Waals surface area contributed by atoms with Gasteiger partial charge in [0.25, 0.3) is 0 Å². The number of unbranched alkanes of at least 4 members (excludes halogenated alkanes) is 1. The van der Waals surface area contributed by atoms with E-state index in [4.69, 9.17) is 0 Å². The zero-order chi connectivity index (χ0) is 13.2. The Morgan fingerprint density at radius 2 is 2.21 bits per heavy atom. The van der Waals surface area contributed by atoms with Gasteiger partial charge >= 0.3 is 0 Å². The standard InChI is InChI=1S/C15H29N3.HI/c1-4-5-13-18(3)15(16-2)17-12-11-14-9-7-6-8-10-14;/h9H,4-8,10-13H2,1-3H3,(H,16,17);1H. The molecule has 0 bridgehead atoms. The quantitative estimate of drug-likeness (QED) is 0.329. The number of nitrogens with one attached hydrogen (secondary N) is 1. The molecular formula is C15H30IN3. The first-order valence-corrected chi connectivity index (χ1v) is 7.37. The molecule has 0 aliphatic heterocycles. The van der Waals surface area contributed by atoms with E-state index in [1.165, 1.54) is 44.9 Å². The monoisotopic (exact) mass is 379 g/mol. The molecule has 0 aromatic heterocycles. The molecule has 112 valence electrons. The molecule has 0 heterocycles. The highest BCUT2D eigenvalue weighted by Gasteiger charge is 2.06. The molecule has 0 aromatic rings. The maximum absolute atomic E-state index is 4.34. The van der Waals surface area contributed by atoms with E-state index in [0.717, 1.165) is 19.0 Å². The Balaban J connectivity index is 0.00000324. The highest BCUT2D eigenvalue weighted by molar-refractivity contribution is 14.0. The van der Waals surface area contributed by atoms with Crippen molar-refractivity contribution in [1.29, 1.82) is 0 Å². The molecule has 0 amide bonds. The van der Waals surface area contributed by atoms with Crippen molar-refractivity contribution in [2.75, 3.05) is 27.2 Å². The molecule has 0 saturated carbocycles. The van der Waals surface area contributed by atoms with E-state index < -0.39 is 0 Å². The van der Waals surface area contributed by atoms with E-state index in [1.54, 1.807) is 5.57 Å². The van der Waals surface area contributed by atoms with Crippen LogP contribution < -0.4 is 5.32 Å². The Morgan fingerprint density at radius 1 is 1.42 bits per heavy atom. The van der Waals surface area contributed by atoms with Gasteiger partial charge in [-0.3, -0.25) is 4.99 Å². The smallest absolute Gasteiger partial charge is 0.193 e. The minimum atomic E-state index is 0. The Morgan fingerprint density at radius 3 is 2.79 bits per heavy atom. The molecular weight excluding hydrogens is 349 g/mol. The summed E-state index contributed by atoms with van der Waals surface area (Å²) in [7, 11) is 3.98. The summed E-state index contributed by atoms with van der Waals surface area (Å²) in [5.41, 5.74) is 1.63. The molecule has 0 atom stereocenters. The number of nitrogens with zero attached hydrogens (tertiary/aromatic N) is 2. The van der Waals surface area contributed by atoms with Crippen molar-refractivity contribution in [2.24, 2.45) is 4.99 Å². The molecule has 0 saturated heterocycles. The molecule has 4 heteroatoms. The first kappa shape index (κ1) is 18.7. The number of halogens is 1. The maximum atomic E-state index is 4.34. The molecule has 1 rings (SSSR count). The van der Waals surface area contributed by atoms with Crippen LogP contribution in [0.5, 0.6) is 0 Å². The van der Waals surface area contributed by atoms with Crippen LogP contribution in [0.3, 0.4) is 0 Å². The Bertz CT molecular complexity index is 287. The summed E-state index contributed by atoms with van der Waals surface area (Å²) in [4.78, 5) is 6.56. The van der Waals surface area contributed by atoms with Gasteiger partial charge in [0, 0.05) is 27.2 Å².